The van der Waals surface area contributed by atoms with Crippen molar-refractivity contribution in [2.75, 3.05) is 13.6 Å². The minimum atomic E-state index is -3.79. The predicted octanol–water partition coefficient (Wildman–Crippen LogP) is 2.01. The third-order valence-corrected chi connectivity index (χ3v) is 5.33. The van der Waals surface area contributed by atoms with E-state index in [1.807, 2.05) is 6.92 Å². The van der Waals surface area contributed by atoms with Crippen molar-refractivity contribution in [3.05, 3.63) is 29.6 Å². The fraction of sp³-hybridized carbons (Fsp3) is 0.571. The van der Waals surface area contributed by atoms with E-state index >= 15 is 0 Å². The molecule has 2 rings (SSSR count). The molecule has 0 aliphatic heterocycles. The van der Waals surface area contributed by atoms with Crippen LogP contribution in [-0.2, 0) is 16.6 Å². The molecule has 6 heteroatoms. The summed E-state index contributed by atoms with van der Waals surface area (Å²) in [5.41, 5.74) is 0.760. The molecule has 0 bridgehead atoms. The minimum Gasteiger partial charge on any atom is -0.316 e. The molecular weight excluding hydrogens is 279 g/mol. The number of hydrogen-bond acceptors (Lipinski definition) is 3. The van der Waals surface area contributed by atoms with Crippen LogP contribution in [0.3, 0.4) is 0 Å². The van der Waals surface area contributed by atoms with E-state index in [1.165, 1.54) is 12.1 Å². The van der Waals surface area contributed by atoms with E-state index in [0.717, 1.165) is 24.8 Å². The summed E-state index contributed by atoms with van der Waals surface area (Å²) in [5.74, 6) is -0.712. The first-order chi connectivity index (χ1) is 9.36. The first kappa shape index (κ1) is 15.4. The summed E-state index contributed by atoms with van der Waals surface area (Å²) in [4.78, 5) is -0.270. The van der Waals surface area contributed by atoms with Crippen LogP contribution in [-0.4, -0.2) is 22.0 Å². The van der Waals surface area contributed by atoms with Crippen LogP contribution in [0.5, 0.6) is 0 Å². The van der Waals surface area contributed by atoms with Crippen molar-refractivity contribution in [2.45, 2.75) is 37.6 Å². The Morgan fingerprint density at radius 2 is 2.05 bits per heavy atom. The van der Waals surface area contributed by atoms with Crippen LogP contribution in [0.15, 0.2) is 23.1 Å². The maximum atomic E-state index is 13.8. The van der Waals surface area contributed by atoms with Crippen LogP contribution in [0.1, 0.15) is 31.7 Å². The van der Waals surface area contributed by atoms with Gasteiger partial charge >= 0.3 is 0 Å². The number of halogens is 1. The van der Waals surface area contributed by atoms with Gasteiger partial charge in [0, 0.05) is 13.1 Å². The van der Waals surface area contributed by atoms with Crippen LogP contribution in [0.2, 0.25) is 0 Å². The van der Waals surface area contributed by atoms with E-state index in [1.54, 1.807) is 13.1 Å². The molecule has 0 atom stereocenters. The van der Waals surface area contributed by atoms with Gasteiger partial charge in [0.1, 0.15) is 10.7 Å². The highest BCUT2D eigenvalue weighted by atomic mass is 32.2. The Kier molecular flexibility index (Phi) is 4.46. The Morgan fingerprint density at radius 1 is 1.35 bits per heavy atom. The Balaban J connectivity index is 2.17. The predicted molar refractivity (Wildman–Crippen MR) is 76.3 cm³/mol. The fourth-order valence-electron chi connectivity index (χ4n) is 2.37. The van der Waals surface area contributed by atoms with Crippen LogP contribution in [0, 0.1) is 11.2 Å². The van der Waals surface area contributed by atoms with Crippen molar-refractivity contribution in [3.8, 4) is 0 Å². The zero-order valence-electron chi connectivity index (χ0n) is 11.9. The maximum Gasteiger partial charge on any atom is 0.243 e. The van der Waals surface area contributed by atoms with Crippen molar-refractivity contribution in [2.24, 2.45) is 5.41 Å². The molecule has 1 saturated carbocycles. The van der Waals surface area contributed by atoms with E-state index in [9.17, 15) is 12.8 Å². The molecule has 1 aromatic rings. The highest BCUT2D eigenvalue weighted by molar-refractivity contribution is 7.89. The second-order valence-corrected chi connectivity index (χ2v) is 7.52. The zero-order valence-corrected chi connectivity index (χ0v) is 12.7. The van der Waals surface area contributed by atoms with Gasteiger partial charge in [0.15, 0.2) is 0 Å². The SMILES string of the molecule is CNCc1ccc(F)c(S(=O)(=O)NCC2(C)CCC2)c1. The van der Waals surface area contributed by atoms with Gasteiger partial charge in [0.25, 0.3) is 0 Å². The van der Waals surface area contributed by atoms with Crippen molar-refractivity contribution in [1.82, 2.24) is 10.0 Å². The van der Waals surface area contributed by atoms with E-state index in [2.05, 4.69) is 10.0 Å². The van der Waals surface area contributed by atoms with Gasteiger partial charge in [-0.15, -0.1) is 0 Å². The highest BCUT2D eigenvalue weighted by Crippen LogP contribution is 2.39. The van der Waals surface area contributed by atoms with E-state index in [4.69, 9.17) is 0 Å². The summed E-state index contributed by atoms with van der Waals surface area (Å²) >= 11 is 0. The third kappa shape index (κ3) is 3.37. The molecule has 1 aromatic carbocycles. The van der Waals surface area contributed by atoms with Crippen LogP contribution in [0.4, 0.5) is 4.39 Å². The monoisotopic (exact) mass is 300 g/mol. The molecule has 1 aliphatic carbocycles. The summed E-state index contributed by atoms with van der Waals surface area (Å²) < 4.78 is 40.8. The second-order valence-electron chi connectivity index (χ2n) is 5.78. The minimum absolute atomic E-state index is 0.0200. The number of benzene rings is 1. The largest absolute Gasteiger partial charge is 0.316 e. The lowest BCUT2D eigenvalue weighted by Gasteiger charge is -2.38. The van der Waals surface area contributed by atoms with Gasteiger partial charge in [0.2, 0.25) is 10.0 Å². The average molecular weight is 300 g/mol. The lowest BCUT2D eigenvalue weighted by Crippen LogP contribution is -2.40. The van der Waals surface area contributed by atoms with Gasteiger partial charge in [0.05, 0.1) is 0 Å². The Bertz CT molecular complexity index is 583. The van der Waals surface area contributed by atoms with Gasteiger partial charge in [-0.2, -0.15) is 0 Å². The number of hydrogen-bond donors (Lipinski definition) is 2. The molecule has 112 valence electrons. The molecule has 0 saturated heterocycles. The molecular formula is C14H21FN2O2S. The fourth-order valence-corrected chi connectivity index (χ4v) is 3.70. The standard InChI is InChI=1S/C14H21FN2O2S/c1-14(6-3-7-14)10-17-20(18,19)13-8-11(9-16-2)4-5-12(13)15/h4-5,8,16-17H,3,6-7,9-10H2,1-2H3. The van der Waals surface area contributed by atoms with Gasteiger partial charge in [-0.05, 0) is 43.0 Å². The molecule has 0 radical (unpaired) electrons. The first-order valence-corrected chi connectivity index (χ1v) is 8.27. The summed E-state index contributed by atoms with van der Waals surface area (Å²) in [7, 11) is -2.04. The van der Waals surface area contributed by atoms with Crippen LogP contribution in [0.25, 0.3) is 0 Å². The average Bonchev–Trinajstić information content (AvgIpc) is 2.36. The van der Waals surface area contributed by atoms with Crippen molar-refractivity contribution in [1.29, 1.82) is 0 Å². The van der Waals surface area contributed by atoms with Gasteiger partial charge < -0.3 is 5.32 Å². The van der Waals surface area contributed by atoms with Crippen molar-refractivity contribution < 1.29 is 12.8 Å². The quantitative estimate of drug-likeness (QED) is 0.845. The lowest BCUT2D eigenvalue weighted by molar-refractivity contribution is 0.166. The number of nitrogens with one attached hydrogen (secondary N) is 2. The Hall–Kier alpha value is -0.980. The molecule has 2 N–H and O–H groups in total. The second kappa shape index (κ2) is 5.79. The molecule has 0 amide bonds. The molecule has 0 heterocycles. The number of sulfonamides is 1. The highest BCUT2D eigenvalue weighted by Gasteiger charge is 2.33. The summed E-state index contributed by atoms with van der Waals surface area (Å²) in [6.07, 6.45) is 3.15. The van der Waals surface area contributed by atoms with Gasteiger partial charge in [-0.1, -0.05) is 19.4 Å². The molecule has 0 spiro atoms. The molecule has 4 nitrogen and oxygen atoms in total. The van der Waals surface area contributed by atoms with E-state index in [-0.39, 0.29) is 10.3 Å². The van der Waals surface area contributed by atoms with Crippen LogP contribution < -0.4 is 10.0 Å². The smallest absolute Gasteiger partial charge is 0.243 e. The molecule has 0 aromatic heterocycles. The lowest BCUT2D eigenvalue weighted by atomic mass is 9.71. The van der Waals surface area contributed by atoms with Gasteiger partial charge in [-0.25, -0.2) is 17.5 Å². The molecule has 1 aliphatic rings. The van der Waals surface area contributed by atoms with Crippen LogP contribution >= 0.6 is 0 Å². The summed E-state index contributed by atoms with van der Waals surface area (Å²) in [5, 5.41) is 2.92. The van der Waals surface area contributed by atoms with E-state index in [0.29, 0.717) is 13.1 Å². The number of rotatable bonds is 6. The summed E-state index contributed by atoms with van der Waals surface area (Å²) in [6, 6.07) is 4.17. The molecule has 20 heavy (non-hydrogen) atoms. The van der Waals surface area contributed by atoms with Crippen molar-refractivity contribution >= 4 is 10.0 Å². The molecule has 1 fully saturated rings. The van der Waals surface area contributed by atoms with Gasteiger partial charge in [-0.3, -0.25) is 0 Å². The summed E-state index contributed by atoms with van der Waals surface area (Å²) in [6.45, 7) is 2.92. The normalized spacial score (nSPS) is 17.8. The first-order valence-electron chi connectivity index (χ1n) is 6.79. The van der Waals surface area contributed by atoms with E-state index < -0.39 is 15.8 Å². The topological polar surface area (TPSA) is 58.2 Å². The third-order valence-electron chi connectivity index (χ3n) is 3.92. The molecule has 0 unspecified atom stereocenters. The van der Waals surface area contributed by atoms with Crippen molar-refractivity contribution in [3.63, 3.8) is 0 Å². The maximum absolute atomic E-state index is 13.8. The Morgan fingerprint density at radius 3 is 2.60 bits per heavy atom. The Labute approximate surface area is 119 Å². The zero-order chi connectivity index (χ0) is 14.8.